The van der Waals surface area contributed by atoms with Crippen molar-refractivity contribution in [2.75, 3.05) is 19.3 Å². The van der Waals surface area contributed by atoms with Crippen molar-refractivity contribution < 1.29 is 4.21 Å². The zero-order valence-corrected chi connectivity index (χ0v) is 17.2. The second-order valence-electron chi connectivity index (χ2n) is 6.79. The van der Waals surface area contributed by atoms with Crippen LogP contribution in [-0.2, 0) is 10.8 Å². The molecule has 0 aromatic rings. The van der Waals surface area contributed by atoms with E-state index in [1.165, 1.54) is 0 Å². The van der Waals surface area contributed by atoms with Crippen LogP contribution in [0.25, 0.3) is 0 Å². The number of rotatable bonds is 4. The first-order valence-corrected chi connectivity index (χ1v) is 9.08. The van der Waals surface area contributed by atoms with Gasteiger partial charge in [-0.15, -0.1) is 24.0 Å². The van der Waals surface area contributed by atoms with Gasteiger partial charge in [-0.1, -0.05) is 34.1 Å². The minimum absolute atomic E-state index is 0. The normalized spacial score (nSPS) is 24.9. The third-order valence-electron chi connectivity index (χ3n) is 3.63. The lowest BCUT2D eigenvalue weighted by Gasteiger charge is -2.31. The molecule has 0 heterocycles. The number of aliphatic imine (C=N–C) groups is 1. The zero-order chi connectivity index (χ0) is 15.2. The molecule has 1 rings (SSSR count). The summed E-state index contributed by atoms with van der Waals surface area (Å²) in [5, 5.41) is 7.22. The SMILES string of the molecule is CCS(=O)C1CCCC(NC(=NC)NCC(C)(C)C)C1.I. The first-order chi connectivity index (χ1) is 9.35. The van der Waals surface area contributed by atoms with Gasteiger partial charge in [0.05, 0.1) is 0 Å². The summed E-state index contributed by atoms with van der Waals surface area (Å²) in [5.74, 6) is 1.64. The van der Waals surface area contributed by atoms with Crippen LogP contribution in [0.1, 0.15) is 53.4 Å². The molecule has 21 heavy (non-hydrogen) atoms. The van der Waals surface area contributed by atoms with E-state index in [2.05, 4.69) is 36.4 Å². The molecule has 4 nitrogen and oxygen atoms in total. The number of hydrogen-bond acceptors (Lipinski definition) is 2. The second-order valence-corrected chi connectivity index (χ2v) is 8.79. The van der Waals surface area contributed by atoms with Crippen LogP contribution < -0.4 is 10.6 Å². The number of halogens is 1. The van der Waals surface area contributed by atoms with Crippen LogP contribution in [0.2, 0.25) is 0 Å². The molecule has 126 valence electrons. The highest BCUT2D eigenvalue weighted by Crippen LogP contribution is 2.23. The van der Waals surface area contributed by atoms with Crippen molar-refractivity contribution in [2.45, 2.75) is 64.7 Å². The highest BCUT2D eigenvalue weighted by Gasteiger charge is 2.26. The Labute approximate surface area is 149 Å². The summed E-state index contributed by atoms with van der Waals surface area (Å²) in [6.07, 6.45) is 4.40. The molecule has 0 bridgehead atoms. The van der Waals surface area contributed by atoms with Crippen molar-refractivity contribution >= 4 is 40.7 Å². The maximum Gasteiger partial charge on any atom is 0.191 e. The highest BCUT2D eigenvalue weighted by molar-refractivity contribution is 14.0. The van der Waals surface area contributed by atoms with Crippen LogP contribution in [0.5, 0.6) is 0 Å². The highest BCUT2D eigenvalue weighted by atomic mass is 127. The van der Waals surface area contributed by atoms with Crippen LogP contribution >= 0.6 is 24.0 Å². The molecule has 0 spiro atoms. The number of guanidine groups is 1. The lowest BCUT2D eigenvalue weighted by molar-refractivity contribution is 0.392. The molecular weight excluding hydrogens is 397 g/mol. The van der Waals surface area contributed by atoms with Crippen LogP contribution in [0.15, 0.2) is 4.99 Å². The Kier molecular flexibility index (Phi) is 10.1. The molecule has 1 aliphatic carbocycles. The predicted molar refractivity (Wildman–Crippen MR) is 104 cm³/mol. The van der Waals surface area contributed by atoms with Crippen molar-refractivity contribution in [3.63, 3.8) is 0 Å². The average molecular weight is 429 g/mol. The van der Waals surface area contributed by atoms with Crippen LogP contribution in [0.3, 0.4) is 0 Å². The Balaban J connectivity index is 0.00000400. The molecule has 3 atom stereocenters. The summed E-state index contributed by atoms with van der Waals surface area (Å²) in [4.78, 5) is 4.29. The molecule has 1 saturated carbocycles. The van der Waals surface area contributed by atoms with Crippen molar-refractivity contribution in [2.24, 2.45) is 10.4 Å². The molecule has 6 heteroatoms. The third kappa shape index (κ3) is 8.38. The average Bonchev–Trinajstić information content (AvgIpc) is 2.41. The molecule has 0 aliphatic heterocycles. The minimum Gasteiger partial charge on any atom is -0.356 e. The lowest BCUT2D eigenvalue weighted by atomic mass is 9.95. The van der Waals surface area contributed by atoms with Gasteiger partial charge in [-0.25, -0.2) is 0 Å². The molecule has 0 saturated heterocycles. The fourth-order valence-electron chi connectivity index (χ4n) is 2.49. The Bertz CT molecular complexity index is 355. The van der Waals surface area contributed by atoms with Gasteiger partial charge in [-0.2, -0.15) is 0 Å². The molecule has 1 aliphatic rings. The Hall–Kier alpha value is 0.150. The predicted octanol–water partition coefficient (Wildman–Crippen LogP) is 2.90. The monoisotopic (exact) mass is 429 g/mol. The van der Waals surface area contributed by atoms with Gasteiger partial charge in [0.15, 0.2) is 5.96 Å². The van der Waals surface area contributed by atoms with Crippen LogP contribution in [-0.4, -0.2) is 40.8 Å². The molecule has 0 aromatic carbocycles. The summed E-state index contributed by atoms with van der Waals surface area (Å²) in [7, 11) is 1.14. The van der Waals surface area contributed by atoms with Crippen molar-refractivity contribution in [3.8, 4) is 0 Å². The summed E-state index contributed by atoms with van der Waals surface area (Å²) >= 11 is 0. The Morgan fingerprint density at radius 1 is 1.33 bits per heavy atom. The van der Waals surface area contributed by atoms with Crippen molar-refractivity contribution in [1.29, 1.82) is 0 Å². The van der Waals surface area contributed by atoms with Crippen molar-refractivity contribution in [3.05, 3.63) is 0 Å². The maximum atomic E-state index is 12.0. The molecule has 1 fully saturated rings. The molecular formula is C15H32IN3OS. The Morgan fingerprint density at radius 3 is 2.52 bits per heavy atom. The largest absolute Gasteiger partial charge is 0.356 e. The van der Waals surface area contributed by atoms with Gasteiger partial charge in [0.2, 0.25) is 0 Å². The van der Waals surface area contributed by atoms with E-state index in [9.17, 15) is 4.21 Å². The van der Waals surface area contributed by atoms with E-state index in [4.69, 9.17) is 0 Å². The minimum atomic E-state index is -0.669. The molecule has 3 unspecified atom stereocenters. The third-order valence-corrected chi connectivity index (χ3v) is 5.37. The van der Waals surface area contributed by atoms with E-state index in [0.29, 0.717) is 11.3 Å². The summed E-state index contributed by atoms with van der Waals surface area (Å²) in [6, 6.07) is 0.399. The van der Waals surface area contributed by atoms with E-state index in [1.807, 2.05) is 14.0 Å². The topological polar surface area (TPSA) is 53.5 Å². The van der Waals surface area contributed by atoms with Gasteiger partial charge in [0.25, 0.3) is 0 Å². The number of nitrogens with zero attached hydrogens (tertiary/aromatic N) is 1. The molecule has 0 radical (unpaired) electrons. The quantitative estimate of drug-likeness (QED) is 0.411. The maximum absolute atomic E-state index is 12.0. The number of hydrogen-bond donors (Lipinski definition) is 2. The van der Waals surface area contributed by atoms with Gasteiger partial charge in [0, 0.05) is 41.4 Å². The zero-order valence-electron chi connectivity index (χ0n) is 14.1. The summed E-state index contributed by atoms with van der Waals surface area (Å²) in [6.45, 7) is 9.51. The van der Waals surface area contributed by atoms with E-state index < -0.39 is 10.8 Å². The van der Waals surface area contributed by atoms with Crippen LogP contribution in [0.4, 0.5) is 0 Å². The molecule has 0 amide bonds. The standard InChI is InChI=1S/C15H31N3OS.HI/c1-6-20(19)13-9-7-8-12(10-13)18-14(16-5)17-11-15(2,3)4;/h12-13H,6-11H2,1-5H3,(H2,16,17,18);1H. The van der Waals surface area contributed by atoms with Gasteiger partial charge in [-0.05, 0) is 24.7 Å². The lowest BCUT2D eigenvalue weighted by Crippen LogP contribution is -2.48. The summed E-state index contributed by atoms with van der Waals surface area (Å²) in [5.41, 5.74) is 0.233. The van der Waals surface area contributed by atoms with E-state index in [1.54, 1.807) is 0 Å². The van der Waals surface area contributed by atoms with Gasteiger partial charge >= 0.3 is 0 Å². The van der Waals surface area contributed by atoms with Crippen LogP contribution in [0, 0.1) is 5.41 Å². The van der Waals surface area contributed by atoms with E-state index >= 15 is 0 Å². The van der Waals surface area contributed by atoms with Gasteiger partial charge in [0.1, 0.15) is 0 Å². The molecule has 0 aromatic heterocycles. The van der Waals surface area contributed by atoms with Gasteiger partial charge in [-0.3, -0.25) is 9.20 Å². The van der Waals surface area contributed by atoms with Crippen molar-refractivity contribution in [1.82, 2.24) is 10.6 Å². The Morgan fingerprint density at radius 2 is 2.00 bits per heavy atom. The first kappa shape index (κ1) is 21.1. The smallest absolute Gasteiger partial charge is 0.191 e. The molecule has 2 N–H and O–H groups in total. The number of nitrogens with one attached hydrogen (secondary N) is 2. The fraction of sp³-hybridized carbons (Fsp3) is 0.933. The second kappa shape index (κ2) is 10.0. The van der Waals surface area contributed by atoms with E-state index in [0.717, 1.165) is 43.9 Å². The first-order valence-electron chi connectivity index (χ1n) is 7.70. The fourth-order valence-corrected chi connectivity index (χ4v) is 3.84. The van der Waals surface area contributed by atoms with E-state index in [-0.39, 0.29) is 29.4 Å². The van der Waals surface area contributed by atoms with Gasteiger partial charge < -0.3 is 10.6 Å². The summed E-state index contributed by atoms with van der Waals surface area (Å²) < 4.78 is 12.0.